The number of rotatable bonds is 32. The molecule has 0 N–H and O–H groups in total. The smallest absolute Gasteiger partial charge is 0.348 e. The van der Waals surface area contributed by atoms with Crippen LogP contribution in [0.2, 0.25) is 0 Å². The first-order valence-electron chi connectivity index (χ1n) is 26.7. The molecule has 0 saturated carbocycles. The van der Waals surface area contributed by atoms with Gasteiger partial charge in [0, 0.05) is 16.2 Å². The van der Waals surface area contributed by atoms with Gasteiger partial charge < -0.3 is 14.2 Å². The number of ether oxygens (including phenoxy) is 3. The third kappa shape index (κ3) is 23.0. The average molecular weight is 1520 g/mol. The first-order valence-corrected chi connectivity index (χ1v) is 36.4. The molecule has 6 aromatic rings. The minimum Gasteiger partial charge on any atom is -0.462 e. The summed E-state index contributed by atoms with van der Waals surface area (Å²) in [6.07, 6.45) is 31.6. The second-order valence-corrected chi connectivity index (χ2v) is 33.5. The number of carbonyl (C=O) groups excluding carboxylic acids is 3. The van der Waals surface area contributed by atoms with Crippen LogP contribution in [0.4, 0.5) is 0 Å². The van der Waals surface area contributed by atoms with Gasteiger partial charge in [-0.05, 0) is 159 Å². The largest absolute Gasteiger partial charge is 0.462 e. The summed E-state index contributed by atoms with van der Waals surface area (Å²) < 4.78 is 26.4. The molecule has 0 aliphatic heterocycles. The number of fused-ring (bicyclic) bond motifs is 3. The van der Waals surface area contributed by atoms with E-state index in [1.807, 2.05) is 32.0 Å². The quantitative estimate of drug-likeness (QED) is 0.0238. The molecular weight excluding hydrogens is 1440 g/mol. The molecule has 0 bridgehead atoms. The zero-order valence-corrected chi connectivity index (χ0v) is 58.5. The maximum Gasteiger partial charge on any atom is 0.348 e. The van der Waals surface area contributed by atoms with E-state index in [1.165, 1.54) is 156 Å². The summed E-state index contributed by atoms with van der Waals surface area (Å²) in [5.74, 6) is -0.120. The molecule has 1 atom stereocenters. The summed E-state index contributed by atoms with van der Waals surface area (Å²) in [6, 6.07) is 5.77. The summed E-state index contributed by atoms with van der Waals surface area (Å²) in [5, 5.41) is 3.26. The third-order valence-corrected chi connectivity index (χ3v) is 25.0. The van der Waals surface area contributed by atoms with Gasteiger partial charge in [0.1, 0.15) is 20.2 Å². The van der Waals surface area contributed by atoms with Crippen molar-refractivity contribution in [3.05, 3.63) is 55.5 Å². The van der Waals surface area contributed by atoms with Crippen LogP contribution in [-0.2, 0) is 14.2 Å². The van der Waals surface area contributed by atoms with Crippen molar-refractivity contribution in [2.75, 3.05) is 13.2 Å². The molecule has 0 radical (unpaired) electrons. The lowest BCUT2D eigenvalue weighted by molar-refractivity contribution is -0.00500. The van der Waals surface area contributed by atoms with Crippen LogP contribution in [0.1, 0.15) is 231 Å². The van der Waals surface area contributed by atoms with E-state index in [2.05, 4.69) is 123 Å². The number of carbonyl (C=O) groups is 3. The summed E-state index contributed by atoms with van der Waals surface area (Å²) in [6.45, 7) is 14.0. The van der Waals surface area contributed by atoms with E-state index in [0.29, 0.717) is 33.8 Å². The molecule has 0 aromatic carbocycles. The number of thiophene rings is 6. The molecule has 18 heteroatoms. The topological polar surface area (TPSA) is 78.9 Å². The van der Waals surface area contributed by atoms with Crippen LogP contribution in [0, 0.1) is 5.92 Å². The normalized spacial score (nSPS) is 12.0. The molecule has 0 fully saturated rings. The lowest BCUT2D eigenvalue weighted by Gasteiger charge is -2.24. The first kappa shape index (κ1) is 66.8. The second kappa shape index (κ2) is 36.6. The molecule has 0 saturated heterocycles. The number of hydrogen-bond acceptors (Lipinski definition) is 12. The van der Waals surface area contributed by atoms with Gasteiger partial charge in [0.15, 0.2) is 0 Å². The van der Waals surface area contributed by atoms with E-state index < -0.39 is 5.60 Å². The van der Waals surface area contributed by atoms with Crippen LogP contribution < -0.4 is 0 Å². The maximum absolute atomic E-state index is 12.6. The Morgan fingerprint density at radius 3 is 1.18 bits per heavy atom. The molecule has 74 heavy (non-hydrogen) atoms. The summed E-state index contributed by atoms with van der Waals surface area (Å²) in [7, 11) is 0. The van der Waals surface area contributed by atoms with Gasteiger partial charge in [-0.2, -0.15) is 0 Å². The minimum atomic E-state index is -0.414. The molecule has 0 aliphatic rings. The summed E-state index contributed by atoms with van der Waals surface area (Å²) >= 11 is 30.6. The van der Waals surface area contributed by atoms with Gasteiger partial charge in [0.05, 0.1) is 50.0 Å². The van der Waals surface area contributed by atoms with Gasteiger partial charge in [-0.1, -0.05) is 163 Å². The lowest BCUT2D eigenvalue weighted by Crippen LogP contribution is -2.27. The van der Waals surface area contributed by atoms with E-state index in [-0.39, 0.29) is 17.9 Å². The predicted octanol–water partition coefficient (Wildman–Crippen LogP) is 25.2. The van der Waals surface area contributed by atoms with Crippen molar-refractivity contribution in [3.8, 4) is 0 Å². The van der Waals surface area contributed by atoms with E-state index in [9.17, 15) is 14.4 Å². The van der Waals surface area contributed by atoms with Crippen LogP contribution in [0.25, 0.3) is 30.3 Å². The number of hydrogen-bond donors (Lipinski definition) is 0. The Labute approximate surface area is 516 Å². The van der Waals surface area contributed by atoms with Gasteiger partial charge in [-0.15, -0.1) is 68.0 Å². The first-order chi connectivity index (χ1) is 35.5. The molecule has 0 spiro atoms. The molecular formula is C56H76Br6O6S6. The Balaban J connectivity index is 0.000000243. The average Bonchev–Trinajstić information content (AvgIpc) is 4.23. The van der Waals surface area contributed by atoms with Crippen LogP contribution in [0.15, 0.2) is 40.9 Å². The zero-order chi connectivity index (χ0) is 54.0. The Bertz CT molecular complexity index is 2480. The summed E-state index contributed by atoms with van der Waals surface area (Å²) in [4.78, 5) is 39.0. The predicted molar refractivity (Wildman–Crippen MR) is 347 cm³/mol. The van der Waals surface area contributed by atoms with Gasteiger partial charge in [-0.3, -0.25) is 0 Å². The highest BCUT2D eigenvalue weighted by molar-refractivity contribution is 9.13. The van der Waals surface area contributed by atoms with Crippen molar-refractivity contribution in [1.29, 1.82) is 0 Å². The van der Waals surface area contributed by atoms with E-state index in [0.717, 1.165) is 91.5 Å². The fourth-order valence-electron chi connectivity index (χ4n) is 8.27. The fourth-order valence-corrected chi connectivity index (χ4v) is 21.3. The third-order valence-electron chi connectivity index (χ3n) is 12.7. The number of halogens is 6. The van der Waals surface area contributed by atoms with Crippen LogP contribution in [0.3, 0.4) is 0 Å². The van der Waals surface area contributed by atoms with Crippen molar-refractivity contribution in [2.24, 2.45) is 5.92 Å². The molecule has 0 amide bonds. The van der Waals surface area contributed by atoms with Gasteiger partial charge in [-0.25, -0.2) is 14.4 Å². The lowest BCUT2D eigenvalue weighted by atomic mass is 9.99. The van der Waals surface area contributed by atoms with Crippen LogP contribution in [0.5, 0.6) is 0 Å². The highest BCUT2D eigenvalue weighted by Crippen LogP contribution is 2.46. The van der Waals surface area contributed by atoms with Crippen molar-refractivity contribution >= 4 is 212 Å². The maximum atomic E-state index is 12.6. The van der Waals surface area contributed by atoms with Crippen LogP contribution in [-0.4, -0.2) is 36.7 Å². The van der Waals surface area contributed by atoms with Crippen molar-refractivity contribution in [2.45, 2.75) is 208 Å². The number of esters is 3. The van der Waals surface area contributed by atoms with Gasteiger partial charge in [0.2, 0.25) is 0 Å². The highest BCUT2D eigenvalue weighted by atomic mass is 79.9. The van der Waals surface area contributed by atoms with E-state index >= 15 is 0 Å². The Morgan fingerprint density at radius 2 is 0.797 bits per heavy atom. The van der Waals surface area contributed by atoms with Crippen molar-refractivity contribution in [1.82, 2.24) is 0 Å². The minimum absolute atomic E-state index is 0.194. The molecule has 0 aliphatic carbocycles. The molecule has 414 valence electrons. The second-order valence-electron chi connectivity index (χ2n) is 19.4. The molecule has 6 aromatic heterocycles. The van der Waals surface area contributed by atoms with Gasteiger partial charge >= 0.3 is 17.9 Å². The molecule has 6 rings (SSSR count). The molecule has 6 heterocycles. The van der Waals surface area contributed by atoms with Crippen molar-refractivity contribution < 1.29 is 28.6 Å². The Morgan fingerprint density at radius 1 is 0.446 bits per heavy atom. The number of unbranched alkanes of at least 4 members (excludes halogenated alkanes) is 19. The van der Waals surface area contributed by atoms with E-state index in [1.54, 1.807) is 34.0 Å². The van der Waals surface area contributed by atoms with Crippen molar-refractivity contribution in [3.63, 3.8) is 0 Å². The fraction of sp³-hybridized carbons (Fsp3) is 0.625. The highest BCUT2D eigenvalue weighted by Gasteiger charge is 2.26. The molecule has 1 unspecified atom stereocenters. The van der Waals surface area contributed by atoms with Crippen LogP contribution >= 0.6 is 164 Å². The summed E-state index contributed by atoms with van der Waals surface area (Å²) in [5.41, 5.74) is -0.414. The monoisotopic (exact) mass is 1510 g/mol. The Kier molecular flexibility index (Phi) is 33.0. The standard InChI is InChI=1S/C22H32Br2O2S2.C19H26Br2O2S2.C15H18Br2O2S2/c1-4-5-6-7-8-9-10-11-12-13-14-22(2,3)26-21(25)17-15-16-18(27-17)20(24)28-19(16)23;1-2-3-4-5-6-7-8-9-10-11-12-23-19(22)15-13-14-16(24-15)18(21)25-17(14)20;1-3-5-6-9(4-2)8-19-15(18)11-7-10-12(20-11)14(17)21-13(10)16/h15H,4-14H2,1-3H3;13H,2-12H2,1H3;7,9H,3-6,8H2,1-2H3. The van der Waals surface area contributed by atoms with E-state index in [4.69, 9.17) is 14.2 Å². The SMILES string of the molecule is CCCCC(CC)COC(=O)c1cc2c(Br)sc(Br)c2s1.CCCCCCCCCCCCC(C)(C)OC(=O)c1cc2c(Br)sc(Br)c2s1.CCCCCCCCCCCCOC(=O)c1cc2c(Br)sc(Br)c2s1. The molecule has 6 nitrogen and oxygen atoms in total. The van der Waals surface area contributed by atoms with Gasteiger partial charge in [0.25, 0.3) is 0 Å². The zero-order valence-electron chi connectivity index (χ0n) is 44.1. The Hall–Kier alpha value is 0.270.